The zero-order valence-electron chi connectivity index (χ0n) is 10.4. The van der Waals surface area contributed by atoms with Crippen LogP contribution in [0.2, 0.25) is 0 Å². The summed E-state index contributed by atoms with van der Waals surface area (Å²) < 4.78 is 1.15. The van der Waals surface area contributed by atoms with Gasteiger partial charge in [-0.2, -0.15) is 0 Å². The molecular weight excluding hydrogens is 218 g/mol. The quantitative estimate of drug-likeness (QED) is 0.797. The van der Waals surface area contributed by atoms with E-state index in [1.165, 1.54) is 0 Å². The van der Waals surface area contributed by atoms with E-state index in [-0.39, 0.29) is 0 Å². The minimum Gasteiger partial charge on any atom is -0.236 e. The third kappa shape index (κ3) is 1.94. The van der Waals surface area contributed by atoms with E-state index in [2.05, 4.69) is 42.6 Å². The fourth-order valence-corrected chi connectivity index (χ4v) is 2.61. The Labute approximate surface area is 100.0 Å². The number of aromatic nitrogens is 3. The smallest absolute Gasteiger partial charge is 0.174 e. The minimum absolute atomic E-state index is 0.351. The molecule has 16 heavy (non-hydrogen) atoms. The molecule has 0 bridgehead atoms. The molecule has 0 fully saturated rings. The summed E-state index contributed by atoms with van der Waals surface area (Å²) in [6, 6.07) is 0. The lowest BCUT2D eigenvalue weighted by atomic mass is 10.1. The zero-order chi connectivity index (χ0) is 11.9. The highest BCUT2D eigenvalue weighted by atomic mass is 32.1. The second-order valence-electron chi connectivity index (χ2n) is 4.66. The van der Waals surface area contributed by atoms with E-state index >= 15 is 0 Å². The van der Waals surface area contributed by atoms with Crippen LogP contribution in [0.5, 0.6) is 0 Å². The summed E-state index contributed by atoms with van der Waals surface area (Å²) in [5, 5.41) is 1.06. The van der Waals surface area contributed by atoms with Crippen LogP contribution in [-0.4, -0.2) is 15.0 Å². The molecule has 2 aromatic heterocycles. The predicted molar refractivity (Wildman–Crippen MR) is 68.1 cm³/mol. The molecule has 2 heterocycles. The molecule has 4 heteroatoms. The summed E-state index contributed by atoms with van der Waals surface area (Å²) in [6.07, 6.45) is 0. The highest BCUT2D eigenvalue weighted by molar-refractivity contribution is 7.18. The Morgan fingerprint density at radius 2 is 1.62 bits per heavy atom. The van der Waals surface area contributed by atoms with Gasteiger partial charge in [0.2, 0.25) is 0 Å². The molecule has 0 saturated carbocycles. The highest BCUT2D eigenvalue weighted by Crippen LogP contribution is 2.29. The van der Waals surface area contributed by atoms with Crippen molar-refractivity contribution in [3.05, 3.63) is 16.5 Å². The maximum Gasteiger partial charge on any atom is 0.174 e. The molecule has 0 aromatic carbocycles. The van der Waals surface area contributed by atoms with Crippen LogP contribution >= 0.6 is 11.3 Å². The number of thiazole rings is 1. The van der Waals surface area contributed by atoms with Crippen molar-refractivity contribution in [3.8, 4) is 0 Å². The number of hydrogen-bond donors (Lipinski definition) is 0. The van der Waals surface area contributed by atoms with Crippen molar-refractivity contribution in [2.75, 3.05) is 0 Å². The van der Waals surface area contributed by atoms with Crippen LogP contribution in [0.4, 0.5) is 0 Å². The standard InChI is InChI=1S/C12H17N3S/c1-6(2)9-10-12(13-8(5)16-10)15-11(14-9)7(3)4/h6-7H,1-5H3. The lowest BCUT2D eigenvalue weighted by molar-refractivity contribution is 0.742. The molecule has 0 radical (unpaired) electrons. The van der Waals surface area contributed by atoms with Gasteiger partial charge < -0.3 is 0 Å². The van der Waals surface area contributed by atoms with E-state index in [0.717, 1.165) is 26.9 Å². The molecule has 0 aliphatic heterocycles. The molecule has 0 atom stereocenters. The molecule has 0 N–H and O–H groups in total. The average molecular weight is 235 g/mol. The van der Waals surface area contributed by atoms with Crippen molar-refractivity contribution < 1.29 is 0 Å². The lowest BCUT2D eigenvalue weighted by Gasteiger charge is -2.09. The Hall–Kier alpha value is -1.03. The number of aryl methyl sites for hydroxylation is 1. The zero-order valence-corrected chi connectivity index (χ0v) is 11.2. The first-order chi connectivity index (χ1) is 7.49. The molecule has 2 aromatic rings. The van der Waals surface area contributed by atoms with E-state index in [4.69, 9.17) is 0 Å². The van der Waals surface area contributed by atoms with Crippen LogP contribution in [0, 0.1) is 6.92 Å². The van der Waals surface area contributed by atoms with Gasteiger partial charge in [-0.15, -0.1) is 11.3 Å². The second-order valence-corrected chi connectivity index (χ2v) is 5.87. The van der Waals surface area contributed by atoms with E-state index < -0.39 is 0 Å². The van der Waals surface area contributed by atoms with Gasteiger partial charge in [-0.25, -0.2) is 15.0 Å². The maximum absolute atomic E-state index is 4.67. The highest BCUT2D eigenvalue weighted by Gasteiger charge is 2.15. The summed E-state index contributed by atoms with van der Waals surface area (Å²) >= 11 is 1.69. The molecule has 0 aliphatic rings. The third-order valence-corrected chi connectivity index (χ3v) is 3.45. The van der Waals surface area contributed by atoms with E-state index in [0.29, 0.717) is 11.8 Å². The van der Waals surface area contributed by atoms with Gasteiger partial charge >= 0.3 is 0 Å². The number of rotatable bonds is 2. The van der Waals surface area contributed by atoms with Crippen molar-refractivity contribution >= 4 is 21.7 Å². The number of nitrogens with zero attached hydrogens (tertiary/aromatic N) is 3. The first-order valence-corrected chi connectivity index (χ1v) is 6.45. The first-order valence-electron chi connectivity index (χ1n) is 5.64. The normalized spacial score (nSPS) is 11.9. The Kier molecular flexibility index (Phi) is 2.93. The van der Waals surface area contributed by atoms with Crippen molar-refractivity contribution in [2.45, 2.75) is 46.5 Å². The number of fused-ring (bicyclic) bond motifs is 1. The largest absolute Gasteiger partial charge is 0.236 e. The topological polar surface area (TPSA) is 38.7 Å². The molecule has 2 rings (SSSR count). The minimum atomic E-state index is 0.351. The average Bonchev–Trinajstić information content (AvgIpc) is 2.55. The van der Waals surface area contributed by atoms with Crippen molar-refractivity contribution in [2.24, 2.45) is 0 Å². The molecule has 86 valence electrons. The van der Waals surface area contributed by atoms with Crippen molar-refractivity contribution in [1.82, 2.24) is 15.0 Å². The molecule has 0 spiro atoms. The van der Waals surface area contributed by atoms with E-state index in [1.807, 2.05) is 6.92 Å². The van der Waals surface area contributed by atoms with E-state index in [9.17, 15) is 0 Å². The first kappa shape index (κ1) is 11.5. The fraction of sp³-hybridized carbons (Fsp3) is 0.583. The summed E-state index contributed by atoms with van der Waals surface area (Å²) in [7, 11) is 0. The van der Waals surface area contributed by atoms with Crippen LogP contribution < -0.4 is 0 Å². The fourth-order valence-electron chi connectivity index (χ4n) is 1.62. The summed E-state index contributed by atoms with van der Waals surface area (Å²) in [5.74, 6) is 1.67. The third-order valence-electron chi connectivity index (χ3n) is 2.47. The van der Waals surface area contributed by atoms with Gasteiger partial charge in [0.25, 0.3) is 0 Å². The molecule has 3 nitrogen and oxygen atoms in total. The van der Waals surface area contributed by atoms with Crippen molar-refractivity contribution in [1.29, 1.82) is 0 Å². The molecular formula is C12H17N3S. The van der Waals surface area contributed by atoms with Gasteiger partial charge in [-0.3, -0.25) is 0 Å². The Bertz CT molecular complexity index is 514. The van der Waals surface area contributed by atoms with Gasteiger partial charge in [0.15, 0.2) is 5.65 Å². The van der Waals surface area contributed by atoms with Crippen LogP contribution in [0.3, 0.4) is 0 Å². The lowest BCUT2D eigenvalue weighted by Crippen LogP contribution is -2.03. The molecule has 0 amide bonds. The Morgan fingerprint density at radius 3 is 2.19 bits per heavy atom. The predicted octanol–water partition coefficient (Wildman–Crippen LogP) is 3.64. The van der Waals surface area contributed by atoms with Crippen molar-refractivity contribution in [3.63, 3.8) is 0 Å². The van der Waals surface area contributed by atoms with Gasteiger partial charge in [0.1, 0.15) is 5.82 Å². The van der Waals surface area contributed by atoms with Gasteiger partial charge in [-0.05, 0) is 12.8 Å². The van der Waals surface area contributed by atoms with Gasteiger partial charge in [-0.1, -0.05) is 27.7 Å². The van der Waals surface area contributed by atoms with Crippen LogP contribution in [0.1, 0.15) is 56.1 Å². The van der Waals surface area contributed by atoms with Crippen LogP contribution in [0.25, 0.3) is 10.3 Å². The van der Waals surface area contributed by atoms with Crippen LogP contribution in [-0.2, 0) is 0 Å². The maximum atomic E-state index is 4.67. The second kappa shape index (κ2) is 4.09. The number of hydrogen-bond acceptors (Lipinski definition) is 4. The van der Waals surface area contributed by atoms with Gasteiger partial charge in [0, 0.05) is 5.92 Å². The SMILES string of the molecule is Cc1nc2nc(C(C)C)nc(C(C)C)c2s1. The molecule has 0 unspecified atom stereocenters. The van der Waals surface area contributed by atoms with Crippen LogP contribution in [0.15, 0.2) is 0 Å². The summed E-state index contributed by atoms with van der Waals surface area (Å²) in [4.78, 5) is 13.7. The molecule has 0 saturated heterocycles. The summed E-state index contributed by atoms with van der Waals surface area (Å²) in [6.45, 7) is 10.6. The Balaban J connectivity index is 2.73. The van der Waals surface area contributed by atoms with E-state index in [1.54, 1.807) is 11.3 Å². The van der Waals surface area contributed by atoms with Gasteiger partial charge in [0.05, 0.1) is 15.4 Å². The molecule has 0 aliphatic carbocycles. The monoisotopic (exact) mass is 235 g/mol. The summed E-state index contributed by atoms with van der Waals surface area (Å²) in [5.41, 5.74) is 2.00. The Morgan fingerprint density at radius 1 is 0.938 bits per heavy atom.